The summed E-state index contributed by atoms with van der Waals surface area (Å²) in [7, 11) is 0. The Kier molecular flexibility index (Phi) is 2.66. The molecule has 0 aromatic heterocycles. The maximum atomic E-state index is 13.2. The molecule has 0 saturated heterocycles. The van der Waals surface area contributed by atoms with Crippen LogP contribution in [0.25, 0.3) is 0 Å². The molecule has 0 spiro atoms. The van der Waals surface area contributed by atoms with E-state index in [0.29, 0.717) is 0 Å². The van der Waals surface area contributed by atoms with Crippen LogP contribution in [0.1, 0.15) is 19.4 Å². The Morgan fingerprint density at radius 2 is 1.92 bits per heavy atom. The maximum Gasteiger partial charge on any atom is 0.127 e. The normalized spacial score (nSPS) is 11.8. The van der Waals surface area contributed by atoms with Crippen LogP contribution < -0.4 is 0 Å². The summed E-state index contributed by atoms with van der Waals surface area (Å²) < 4.78 is 25.9. The minimum atomic E-state index is -0.744. The Balaban J connectivity index is 3.20. The summed E-state index contributed by atoms with van der Waals surface area (Å²) in [6.07, 6.45) is 0. The van der Waals surface area contributed by atoms with E-state index < -0.39 is 17.0 Å². The average molecular weight is 186 g/mol. The van der Waals surface area contributed by atoms with E-state index in [1.54, 1.807) is 13.8 Å². The van der Waals surface area contributed by atoms with Gasteiger partial charge in [-0.3, -0.25) is 0 Å². The molecule has 0 radical (unpaired) electrons. The predicted octanol–water partition coefficient (Wildman–Crippen LogP) is 2.23. The minimum absolute atomic E-state index is 0.204. The highest BCUT2D eigenvalue weighted by Crippen LogP contribution is 2.25. The molecular formula is C10H12F2O. The second-order valence-electron chi connectivity index (χ2n) is 3.67. The fourth-order valence-corrected chi connectivity index (χ4v) is 1.10. The highest BCUT2D eigenvalue weighted by atomic mass is 19.1. The van der Waals surface area contributed by atoms with E-state index in [0.717, 1.165) is 18.2 Å². The Bertz CT molecular complexity index is 308. The van der Waals surface area contributed by atoms with Crippen molar-refractivity contribution in [3.63, 3.8) is 0 Å². The van der Waals surface area contributed by atoms with Crippen LogP contribution in [-0.2, 0) is 5.41 Å². The number of halogens is 2. The van der Waals surface area contributed by atoms with Crippen LogP contribution in [0.15, 0.2) is 18.2 Å². The smallest absolute Gasteiger partial charge is 0.127 e. The SMILES string of the molecule is CC(C)(CO)c1cc(F)ccc1F. The van der Waals surface area contributed by atoms with Gasteiger partial charge in [0.2, 0.25) is 0 Å². The standard InChI is InChI=1S/C10H12F2O/c1-10(2,6-13)8-5-7(11)3-4-9(8)12/h3-5,13H,6H2,1-2H3. The number of aliphatic hydroxyl groups is 1. The summed E-state index contributed by atoms with van der Waals surface area (Å²) in [6.45, 7) is 3.10. The van der Waals surface area contributed by atoms with Gasteiger partial charge < -0.3 is 5.11 Å². The summed E-state index contributed by atoms with van der Waals surface area (Å²) in [5.41, 5.74) is -0.540. The van der Waals surface area contributed by atoms with Crippen molar-refractivity contribution in [3.05, 3.63) is 35.4 Å². The zero-order chi connectivity index (χ0) is 10.1. The Labute approximate surface area is 76.0 Å². The van der Waals surface area contributed by atoms with E-state index in [1.807, 2.05) is 0 Å². The largest absolute Gasteiger partial charge is 0.395 e. The fourth-order valence-electron chi connectivity index (χ4n) is 1.10. The molecule has 0 atom stereocenters. The summed E-state index contributed by atoms with van der Waals surface area (Å²) in [5, 5.41) is 8.97. The van der Waals surface area contributed by atoms with Gasteiger partial charge in [-0.1, -0.05) is 13.8 Å². The maximum absolute atomic E-state index is 13.2. The molecule has 1 aromatic rings. The van der Waals surface area contributed by atoms with Crippen LogP contribution in [-0.4, -0.2) is 11.7 Å². The molecule has 0 fully saturated rings. The number of hydrogen-bond donors (Lipinski definition) is 1. The first-order valence-corrected chi connectivity index (χ1v) is 4.04. The fraction of sp³-hybridized carbons (Fsp3) is 0.400. The zero-order valence-electron chi connectivity index (χ0n) is 7.64. The molecule has 0 saturated carbocycles. The highest BCUT2D eigenvalue weighted by Gasteiger charge is 2.23. The molecule has 0 aliphatic heterocycles. The molecule has 0 bridgehead atoms. The summed E-state index contributed by atoms with van der Waals surface area (Å²) >= 11 is 0. The van der Waals surface area contributed by atoms with Gasteiger partial charge in [0.05, 0.1) is 6.61 Å². The molecular weight excluding hydrogens is 174 g/mol. The van der Waals surface area contributed by atoms with Crippen LogP contribution >= 0.6 is 0 Å². The number of rotatable bonds is 2. The van der Waals surface area contributed by atoms with E-state index in [-0.39, 0.29) is 12.2 Å². The van der Waals surface area contributed by atoms with Crippen molar-refractivity contribution in [1.82, 2.24) is 0 Å². The summed E-state index contributed by atoms with van der Waals surface area (Å²) in [4.78, 5) is 0. The molecule has 1 aromatic carbocycles. The number of hydrogen-bond acceptors (Lipinski definition) is 1. The van der Waals surface area contributed by atoms with E-state index in [4.69, 9.17) is 5.11 Å². The molecule has 13 heavy (non-hydrogen) atoms. The molecule has 0 unspecified atom stereocenters. The van der Waals surface area contributed by atoms with Crippen LogP contribution in [0, 0.1) is 11.6 Å². The van der Waals surface area contributed by atoms with Crippen molar-refractivity contribution in [2.24, 2.45) is 0 Å². The topological polar surface area (TPSA) is 20.2 Å². The van der Waals surface area contributed by atoms with Gasteiger partial charge in [-0.15, -0.1) is 0 Å². The molecule has 1 rings (SSSR count). The zero-order valence-corrected chi connectivity index (χ0v) is 7.64. The average Bonchev–Trinajstić information content (AvgIpc) is 2.09. The van der Waals surface area contributed by atoms with Gasteiger partial charge in [-0.05, 0) is 23.8 Å². The summed E-state index contributed by atoms with van der Waals surface area (Å²) in [6, 6.07) is 3.25. The highest BCUT2D eigenvalue weighted by molar-refractivity contribution is 5.26. The lowest BCUT2D eigenvalue weighted by atomic mass is 9.85. The quantitative estimate of drug-likeness (QED) is 0.751. The van der Waals surface area contributed by atoms with Gasteiger partial charge in [-0.2, -0.15) is 0 Å². The third-order valence-corrected chi connectivity index (χ3v) is 2.05. The molecule has 0 aliphatic carbocycles. The lowest BCUT2D eigenvalue weighted by molar-refractivity contribution is 0.214. The van der Waals surface area contributed by atoms with Crippen molar-refractivity contribution in [2.45, 2.75) is 19.3 Å². The van der Waals surface area contributed by atoms with E-state index in [2.05, 4.69) is 0 Å². The molecule has 0 amide bonds. The number of benzene rings is 1. The molecule has 72 valence electrons. The van der Waals surface area contributed by atoms with E-state index in [1.165, 1.54) is 0 Å². The van der Waals surface area contributed by atoms with Gasteiger partial charge in [0, 0.05) is 5.41 Å². The monoisotopic (exact) mass is 186 g/mol. The molecule has 0 heterocycles. The van der Waals surface area contributed by atoms with Gasteiger partial charge in [0.15, 0.2) is 0 Å². The third-order valence-electron chi connectivity index (χ3n) is 2.05. The van der Waals surface area contributed by atoms with Gasteiger partial charge >= 0.3 is 0 Å². The van der Waals surface area contributed by atoms with Crippen LogP contribution in [0.5, 0.6) is 0 Å². The summed E-state index contributed by atoms with van der Waals surface area (Å²) in [5.74, 6) is -0.974. The van der Waals surface area contributed by atoms with Gasteiger partial charge in [-0.25, -0.2) is 8.78 Å². The van der Waals surface area contributed by atoms with Crippen LogP contribution in [0.2, 0.25) is 0 Å². The van der Waals surface area contributed by atoms with Crippen molar-refractivity contribution in [2.75, 3.05) is 6.61 Å². The predicted molar refractivity (Wildman–Crippen MR) is 46.5 cm³/mol. The lowest BCUT2D eigenvalue weighted by Crippen LogP contribution is -2.23. The first-order chi connectivity index (χ1) is 5.97. The van der Waals surface area contributed by atoms with Crippen LogP contribution in [0.4, 0.5) is 8.78 Å². The van der Waals surface area contributed by atoms with Crippen molar-refractivity contribution in [1.29, 1.82) is 0 Å². The molecule has 0 aliphatic rings. The second-order valence-corrected chi connectivity index (χ2v) is 3.67. The second kappa shape index (κ2) is 3.42. The lowest BCUT2D eigenvalue weighted by Gasteiger charge is -2.22. The van der Waals surface area contributed by atoms with Crippen LogP contribution in [0.3, 0.4) is 0 Å². The van der Waals surface area contributed by atoms with E-state index >= 15 is 0 Å². The Morgan fingerprint density at radius 1 is 1.31 bits per heavy atom. The van der Waals surface area contributed by atoms with Crippen molar-refractivity contribution >= 4 is 0 Å². The minimum Gasteiger partial charge on any atom is -0.395 e. The third kappa shape index (κ3) is 2.04. The first-order valence-electron chi connectivity index (χ1n) is 4.04. The van der Waals surface area contributed by atoms with Gasteiger partial charge in [0.25, 0.3) is 0 Å². The van der Waals surface area contributed by atoms with E-state index in [9.17, 15) is 8.78 Å². The molecule has 1 N–H and O–H groups in total. The molecule has 3 heteroatoms. The van der Waals surface area contributed by atoms with Crippen molar-refractivity contribution < 1.29 is 13.9 Å². The first kappa shape index (κ1) is 10.1. The molecule has 1 nitrogen and oxygen atoms in total. The number of aliphatic hydroxyl groups excluding tert-OH is 1. The van der Waals surface area contributed by atoms with Gasteiger partial charge in [0.1, 0.15) is 11.6 Å². The Hall–Kier alpha value is -0.960. The van der Waals surface area contributed by atoms with Crippen molar-refractivity contribution in [3.8, 4) is 0 Å². The Morgan fingerprint density at radius 3 is 2.46 bits per heavy atom.